The molecule has 1 aromatic heterocycles. The summed E-state index contributed by atoms with van der Waals surface area (Å²) in [7, 11) is 2.75. The number of ether oxygens (including phenoxy) is 4. The van der Waals surface area contributed by atoms with Gasteiger partial charge < -0.3 is 24.3 Å². The van der Waals surface area contributed by atoms with Crippen LogP contribution in [0.2, 0.25) is 10.0 Å². The van der Waals surface area contributed by atoms with Crippen LogP contribution in [-0.4, -0.2) is 48.8 Å². The van der Waals surface area contributed by atoms with Crippen molar-refractivity contribution in [3.8, 4) is 5.88 Å². The van der Waals surface area contributed by atoms with E-state index in [1.54, 1.807) is 45.0 Å². The third kappa shape index (κ3) is 6.11. The van der Waals surface area contributed by atoms with E-state index in [2.05, 4.69) is 15.3 Å². The van der Waals surface area contributed by atoms with Crippen molar-refractivity contribution in [1.29, 1.82) is 0 Å². The third-order valence-electron chi connectivity index (χ3n) is 5.74. The standard InChI is InChI=1S/C27H31Cl2N3O6/c1-8-37-27(34)22-21(16-10-9-11-17(28)23(16)29)20(26(33)36-7)14(4)30-24(22)25(35-6)18-12-19(38-13(2)3)32-15(5)31-18/h9-13,21,25,30H,8H2,1-7H3. The number of halogens is 2. The fourth-order valence-electron chi connectivity index (χ4n) is 4.32. The Kier molecular flexibility index (Phi) is 9.76. The SMILES string of the molecule is CCOC(=O)C1=C(C(OC)c2cc(OC(C)C)nc(C)n2)NC(C)=C(C(=O)OC)C1c1cccc(Cl)c1Cl. The molecule has 1 aliphatic heterocycles. The summed E-state index contributed by atoms with van der Waals surface area (Å²) in [5, 5.41) is 3.64. The first-order valence-electron chi connectivity index (χ1n) is 12.0. The fraction of sp³-hybridized carbons (Fsp3) is 0.407. The molecule has 0 saturated carbocycles. The monoisotopic (exact) mass is 563 g/mol. The van der Waals surface area contributed by atoms with Crippen LogP contribution < -0.4 is 10.1 Å². The maximum Gasteiger partial charge on any atom is 0.336 e. The lowest BCUT2D eigenvalue weighted by molar-refractivity contribution is -0.139. The minimum atomic E-state index is -0.976. The van der Waals surface area contributed by atoms with E-state index in [4.69, 9.17) is 42.1 Å². The van der Waals surface area contributed by atoms with Crippen LogP contribution >= 0.6 is 23.2 Å². The fourth-order valence-corrected chi connectivity index (χ4v) is 4.73. The van der Waals surface area contributed by atoms with Gasteiger partial charge >= 0.3 is 11.9 Å². The Morgan fingerprint density at radius 2 is 1.79 bits per heavy atom. The highest BCUT2D eigenvalue weighted by Gasteiger charge is 2.42. The molecule has 11 heteroatoms. The summed E-state index contributed by atoms with van der Waals surface area (Å²) >= 11 is 13.0. The number of allylic oxidation sites excluding steroid dienone is 1. The molecule has 1 aliphatic rings. The van der Waals surface area contributed by atoms with Gasteiger partial charge in [-0.2, -0.15) is 4.98 Å². The first-order chi connectivity index (χ1) is 18.0. The Bertz CT molecular complexity index is 1290. The van der Waals surface area contributed by atoms with Gasteiger partial charge in [-0.3, -0.25) is 0 Å². The van der Waals surface area contributed by atoms with Crippen molar-refractivity contribution in [2.75, 3.05) is 20.8 Å². The zero-order chi connectivity index (χ0) is 28.1. The number of carbonyl (C=O) groups is 2. The topological polar surface area (TPSA) is 109 Å². The maximum atomic E-state index is 13.6. The number of hydrogen-bond acceptors (Lipinski definition) is 9. The molecule has 2 aromatic rings. The number of aryl methyl sites for hydroxylation is 1. The minimum absolute atomic E-state index is 0.0957. The molecule has 0 aliphatic carbocycles. The summed E-state index contributed by atoms with van der Waals surface area (Å²) in [6, 6.07) is 6.65. The van der Waals surface area contributed by atoms with Gasteiger partial charge in [-0.1, -0.05) is 35.3 Å². The Labute approximate surface area is 232 Å². The number of nitrogens with one attached hydrogen (secondary N) is 1. The number of benzene rings is 1. The van der Waals surface area contributed by atoms with Crippen LogP contribution in [0.1, 0.15) is 56.8 Å². The Morgan fingerprint density at radius 3 is 2.39 bits per heavy atom. The van der Waals surface area contributed by atoms with Gasteiger partial charge in [-0.25, -0.2) is 14.6 Å². The molecule has 0 bridgehead atoms. The lowest BCUT2D eigenvalue weighted by atomic mass is 9.79. The Morgan fingerprint density at radius 1 is 1.08 bits per heavy atom. The zero-order valence-electron chi connectivity index (χ0n) is 22.3. The van der Waals surface area contributed by atoms with Crippen molar-refractivity contribution >= 4 is 35.1 Å². The predicted octanol–water partition coefficient (Wildman–Crippen LogP) is 5.22. The van der Waals surface area contributed by atoms with E-state index >= 15 is 0 Å². The second kappa shape index (κ2) is 12.6. The van der Waals surface area contributed by atoms with Crippen molar-refractivity contribution in [2.24, 2.45) is 0 Å². The first kappa shape index (κ1) is 29.4. The van der Waals surface area contributed by atoms with Crippen molar-refractivity contribution in [3.05, 3.63) is 73.9 Å². The van der Waals surface area contributed by atoms with Crippen LogP contribution in [0.3, 0.4) is 0 Å². The molecular formula is C27H31Cl2N3O6. The van der Waals surface area contributed by atoms with Gasteiger partial charge in [0.25, 0.3) is 0 Å². The molecule has 0 saturated heterocycles. The van der Waals surface area contributed by atoms with E-state index in [9.17, 15) is 9.59 Å². The molecule has 1 aromatic carbocycles. The third-order valence-corrected chi connectivity index (χ3v) is 6.58. The summed E-state index contributed by atoms with van der Waals surface area (Å²) in [6.07, 6.45) is -1.01. The molecule has 38 heavy (non-hydrogen) atoms. The number of nitrogens with zero attached hydrogens (tertiary/aromatic N) is 2. The van der Waals surface area contributed by atoms with Crippen LogP contribution in [0.4, 0.5) is 0 Å². The number of dihydropyridines is 1. The summed E-state index contributed by atoms with van der Waals surface area (Å²) in [5.74, 6) is -1.48. The van der Waals surface area contributed by atoms with E-state index in [1.807, 2.05) is 13.8 Å². The Balaban J connectivity index is 2.36. The predicted molar refractivity (Wildman–Crippen MR) is 143 cm³/mol. The molecule has 2 unspecified atom stereocenters. The van der Waals surface area contributed by atoms with Crippen LogP contribution in [0.5, 0.6) is 5.88 Å². The van der Waals surface area contributed by atoms with E-state index in [0.717, 1.165) is 0 Å². The maximum absolute atomic E-state index is 13.6. The normalized spacial score (nSPS) is 16.3. The van der Waals surface area contributed by atoms with Crippen LogP contribution in [0.15, 0.2) is 46.8 Å². The van der Waals surface area contributed by atoms with Gasteiger partial charge in [0, 0.05) is 18.9 Å². The zero-order valence-corrected chi connectivity index (χ0v) is 23.9. The van der Waals surface area contributed by atoms with Gasteiger partial charge in [-0.15, -0.1) is 0 Å². The second-order valence-corrected chi connectivity index (χ2v) is 9.52. The molecular weight excluding hydrogens is 533 g/mol. The van der Waals surface area contributed by atoms with E-state index in [1.165, 1.54) is 14.2 Å². The molecule has 0 radical (unpaired) electrons. The van der Waals surface area contributed by atoms with Crippen LogP contribution in [0, 0.1) is 6.92 Å². The summed E-state index contributed by atoms with van der Waals surface area (Å²) in [6.45, 7) is 8.99. The molecule has 204 valence electrons. The Hall–Kier alpha value is -3.14. The quantitative estimate of drug-likeness (QED) is 0.410. The lowest BCUT2D eigenvalue weighted by Crippen LogP contribution is -2.36. The number of methoxy groups -OCH3 is 2. The molecule has 1 N–H and O–H groups in total. The highest BCUT2D eigenvalue weighted by Crippen LogP contribution is 2.46. The molecule has 2 heterocycles. The molecule has 0 fully saturated rings. The van der Waals surface area contributed by atoms with Gasteiger partial charge in [-0.05, 0) is 46.2 Å². The lowest BCUT2D eigenvalue weighted by Gasteiger charge is -2.34. The number of rotatable bonds is 9. The van der Waals surface area contributed by atoms with Crippen molar-refractivity contribution in [1.82, 2.24) is 15.3 Å². The van der Waals surface area contributed by atoms with E-state index < -0.39 is 24.0 Å². The second-order valence-electron chi connectivity index (χ2n) is 8.74. The van der Waals surface area contributed by atoms with Gasteiger partial charge in [0.05, 0.1) is 58.3 Å². The number of carbonyl (C=O) groups excluding carboxylic acids is 2. The van der Waals surface area contributed by atoms with E-state index in [0.29, 0.717) is 34.4 Å². The number of aromatic nitrogens is 2. The summed E-state index contributed by atoms with van der Waals surface area (Å²) in [4.78, 5) is 35.6. The number of hydrogen-bond donors (Lipinski definition) is 1. The average Bonchev–Trinajstić information content (AvgIpc) is 2.84. The van der Waals surface area contributed by atoms with Crippen molar-refractivity contribution < 1.29 is 28.5 Å². The first-order valence-corrected chi connectivity index (χ1v) is 12.8. The van der Waals surface area contributed by atoms with Gasteiger partial charge in [0.2, 0.25) is 5.88 Å². The van der Waals surface area contributed by atoms with Gasteiger partial charge in [0.1, 0.15) is 11.9 Å². The van der Waals surface area contributed by atoms with Crippen molar-refractivity contribution in [3.63, 3.8) is 0 Å². The van der Waals surface area contributed by atoms with Crippen molar-refractivity contribution in [2.45, 2.75) is 52.7 Å². The van der Waals surface area contributed by atoms with Crippen LogP contribution in [0.25, 0.3) is 0 Å². The minimum Gasteiger partial charge on any atom is -0.475 e. The molecule has 9 nitrogen and oxygen atoms in total. The molecule has 0 amide bonds. The average molecular weight is 564 g/mol. The van der Waals surface area contributed by atoms with Gasteiger partial charge in [0.15, 0.2) is 0 Å². The molecule has 3 rings (SSSR count). The van der Waals surface area contributed by atoms with Crippen LogP contribution in [-0.2, 0) is 23.8 Å². The van der Waals surface area contributed by atoms with E-state index in [-0.39, 0.29) is 33.9 Å². The largest absolute Gasteiger partial charge is 0.475 e. The highest BCUT2D eigenvalue weighted by molar-refractivity contribution is 6.42. The number of esters is 2. The molecule has 0 spiro atoms. The molecule has 2 atom stereocenters. The summed E-state index contributed by atoms with van der Waals surface area (Å²) < 4.78 is 22.2. The smallest absolute Gasteiger partial charge is 0.336 e. The summed E-state index contributed by atoms with van der Waals surface area (Å²) in [5.41, 5.74) is 1.92. The highest BCUT2D eigenvalue weighted by atomic mass is 35.5.